The molecule has 6 nitrogen and oxygen atoms in total. The molecule has 1 atom stereocenters. The highest BCUT2D eigenvalue weighted by Gasteiger charge is 2.52. The minimum absolute atomic E-state index is 0.348. The summed E-state index contributed by atoms with van der Waals surface area (Å²) in [6.45, 7) is 11.7. The number of amides is 1. The topological polar surface area (TPSA) is 65.4 Å². The van der Waals surface area contributed by atoms with Crippen molar-refractivity contribution in [1.82, 2.24) is 15.1 Å². The van der Waals surface area contributed by atoms with Gasteiger partial charge in [-0.1, -0.05) is 6.92 Å². The predicted octanol–water partition coefficient (Wildman–Crippen LogP) is 0.954. The van der Waals surface area contributed by atoms with E-state index in [-0.39, 0.29) is 18.3 Å². The SMILES string of the molecule is CCC(CNC=O)Cn1cc(B2OC(C)(C)C(C)(C)O2)cn1. The third kappa shape index (κ3) is 3.52. The molecule has 0 aromatic carbocycles. The Balaban J connectivity index is 2.01. The molecule has 1 fully saturated rings. The maximum Gasteiger partial charge on any atom is 0.498 e. The van der Waals surface area contributed by atoms with Crippen LogP contribution in [-0.2, 0) is 20.6 Å². The van der Waals surface area contributed by atoms with Crippen LogP contribution in [0.25, 0.3) is 0 Å². The summed E-state index contributed by atoms with van der Waals surface area (Å²) >= 11 is 0. The van der Waals surface area contributed by atoms with Gasteiger partial charge in [0.05, 0.1) is 11.2 Å². The summed E-state index contributed by atoms with van der Waals surface area (Å²) < 4.78 is 13.9. The molecule has 1 aromatic heterocycles. The average molecular weight is 307 g/mol. The van der Waals surface area contributed by atoms with Crippen molar-refractivity contribution in [1.29, 1.82) is 0 Å². The van der Waals surface area contributed by atoms with Crippen LogP contribution in [0.3, 0.4) is 0 Å². The molecule has 1 unspecified atom stereocenters. The monoisotopic (exact) mass is 307 g/mol. The lowest BCUT2D eigenvalue weighted by Crippen LogP contribution is -2.41. The molecule has 0 radical (unpaired) electrons. The molecule has 2 rings (SSSR count). The van der Waals surface area contributed by atoms with Gasteiger partial charge in [0.2, 0.25) is 6.41 Å². The molecule has 7 heteroatoms. The molecule has 22 heavy (non-hydrogen) atoms. The number of rotatable bonds is 7. The van der Waals surface area contributed by atoms with Gasteiger partial charge < -0.3 is 14.6 Å². The molecule has 1 amide bonds. The molecular weight excluding hydrogens is 281 g/mol. The van der Waals surface area contributed by atoms with Gasteiger partial charge in [-0.25, -0.2) is 0 Å². The van der Waals surface area contributed by atoms with Crippen LogP contribution in [-0.4, -0.2) is 41.1 Å². The predicted molar refractivity (Wildman–Crippen MR) is 85.8 cm³/mol. The number of hydrogen-bond acceptors (Lipinski definition) is 4. The summed E-state index contributed by atoms with van der Waals surface area (Å²) in [6, 6.07) is 0. The number of carbonyl (C=O) groups is 1. The van der Waals surface area contributed by atoms with Crippen molar-refractivity contribution in [3.05, 3.63) is 12.4 Å². The standard InChI is InChI=1S/C15H26BN3O3/c1-6-12(7-17-11-20)9-19-10-13(8-18-19)16-21-14(2,3)15(4,5)22-16/h8,10-12H,6-7,9H2,1-5H3,(H,17,20). The van der Waals surface area contributed by atoms with E-state index in [9.17, 15) is 4.79 Å². The second kappa shape index (κ2) is 6.42. The Hall–Kier alpha value is -1.34. The molecule has 2 heterocycles. The van der Waals surface area contributed by atoms with E-state index in [2.05, 4.69) is 17.3 Å². The fraction of sp³-hybridized carbons (Fsp3) is 0.733. The molecule has 0 bridgehead atoms. The highest BCUT2D eigenvalue weighted by atomic mass is 16.7. The van der Waals surface area contributed by atoms with E-state index in [1.807, 2.05) is 38.6 Å². The highest BCUT2D eigenvalue weighted by Crippen LogP contribution is 2.36. The number of carbonyl (C=O) groups excluding carboxylic acids is 1. The number of nitrogens with zero attached hydrogens (tertiary/aromatic N) is 2. The van der Waals surface area contributed by atoms with Crippen molar-refractivity contribution < 1.29 is 14.1 Å². The Morgan fingerprint density at radius 3 is 2.55 bits per heavy atom. The van der Waals surface area contributed by atoms with Crippen LogP contribution in [0.15, 0.2) is 12.4 Å². The van der Waals surface area contributed by atoms with Crippen LogP contribution in [0.4, 0.5) is 0 Å². The van der Waals surface area contributed by atoms with Crippen LogP contribution in [0.2, 0.25) is 0 Å². The van der Waals surface area contributed by atoms with Crippen LogP contribution in [0.5, 0.6) is 0 Å². The Bertz CT molecular complexity index is 500. The van der Waals surface area contributed by atoms with Gasteiger partial charge >= 0.3 is 7.12 Å². The molecular formula is C15H26BN3O3. The Kier molecular flexibility index (Phi) is 4.97. The maximum atomic E-state index is 10.4. The average Bonchev–Trinajstić information content (AvgIpc) is 2.98. The van der Waals surface area contributed by atoms with E-state index in [4.69, 9.17) is 9.31 Å². The van der Waals surface area contributed by atoms with Gasteiger partial charge in [0, 0.05) is 30.9 Å². The summed E-state index contributed by atoms with van der Waals surface area (Å²) in [7, 11) is -0.382. The van der Waals surface area contributed by atoms with Crippen LogP contribution >= 0.6 is 0 Å². The zero-order chi connectivity index (χ0) is 16.4. The molecule has 1 aromatic rings. The van der Waals surface area contributed by atoms with Gasteiger partial charge in [0.15, 0.2) is 0 Å². The van der Waals surface area contributed by atoms with E-state index < -0.39 is 0 Å². The first-order valence-electron chi connectivity index (χ1n) is 7.84. The van der Waals surface area contributed by atoms with E-state index in [1.165, 1.54) is 0 Å². The van der Waals surface area contributed by atoms with Crippen molar-refractivity contribution in [2.75, 3.05) is 6.54 Å². The van der Waals surface area contributed by atoms with Crippen LogP contribution in [0, 0.1) is 5.92 Å². The molecule has 0 saturated carbocycles. The fourth-order valence-corrected chi connectivity index (χ4v) is 2.40. The molecule has 0 spiro atoms. The second-order valence-corrected chi connectivity index (χ2v) is 6.88. The number of aromatic nitrogens is 2. The maximum absolute atomic E-state index is 10.4. The normalized spacial score (nSPS) is 20.9. The molecule has 122 valence electrons. The lowest BCUT2D eigenvalue weighted by molar-refractivity contribution is -0.109. The first-order chi connectivity index (χ1) is 10.3. The van der Waals surface area contributed by atoms with E-state index in [0.717, 1.165) is 24.8 Å². The Labute approximate surface area is 132 Å². The van der Waals surface area contributed by atoms with E-state index in [1.54, 1.807) is 6.20 Å². The Morgan fingerprint density at radius 1 is 1.36 bits per heavy atom. The summed E-state index contributed by atoms with van der Waals surface area (Å²) in [5, 5.41) is 7.12. The molecule has 1 aliphatic heterocycles. The second-order valence-electron chi connectivity index (χ2n) is 6.88. The quantitative estimate of drug-likeness (QED) is 0.602. The summed E-state index contributed by atoms with van der Waals surface area (Å²) in [6.07, 6.45) is 5.47. The summed E-state index contributed by atoms with van der Waals surface area (Å²) in [4.78, 5) is 10.4. The van der Waals surface area contributed by atoms with Crippen molar-refractivity contribution in [2.24, 2.45) is 5.92 Å². The molecule has 1 saturated heterocycles. The lowest BCUT2D eigenvalue weighted by atomic mass is 9.82. The molecule has 1 N–H and O–H groups in total. The van der Waals surface area contributed by atoms with Crippen molar-refractivity contribution in [3.63, 3.8) is 0 Å². The summed E-state index contributed by atoms with van der Waals surface area (Å²) in [5.41, 5.74) is 0.232. The Morgan fingerprint density at radius 2 is 2.00 bits per heavy atom. The van der Waals surface area contributed by atoms with Gasteiger partial charge in [-0.3, -0.25) is 9.48 Å². The van der Waals surface area contributed by atoms with E-state index in [0.29, 0.717) is 12.5 Å². The largest absolute Gasteiger partial charge is 0.498 e. The smallest absolute Gasteiger partial charge is 0.399 e. The van der Waals surface area contributed by atoms with Gasteiger partial charge in [0.1, 0.15) is 0 Å². The fourth-order valence-electron chi connectivity index (χ4n) is 2.40. The van der Waals surface area contributed by atoms with Gasteiger partial charge in [-0.05, 0) is 40.0 Å². The third-order valence-electron chi connectivity index (χ3n) is 4.69. The molecule has 1 aliphatic rings. The van der Waals surface area contributed by atoms with Crippen LogP contribution < -0.4 is 10.8 Å². The third-order valence-corrected chi connectivity index (χ3v) is 4.69. The summed E-state index contributed by atoms with van der Waals surface area (Å²) in [5.74, 6) is 0.358. The van der Waals surface area contributed by atoms with Crippen molar-refractivity contribution >= 4 is 19.0 Å². The van der Waals surface area contributed by atoms with E-state index >= 15 is 0 Å². The zero-order valence-electron chi connectivity index (χ0n) is 14.1. The first-order valence-corrected chi connectivity index (χ1v) is 7.84. The van der Waals surface area contributed by atoms with Gasteiger partial charge in [-0.15, -0.1) is 0 Å². The minimum Gasteiger partial charge on any atom is -0.399 e. The number of hydrogen-bond donors (Lipinski definition) is 1. The first kappa shape index (κ1) is 17.0. The lowest BCUT2D eigenvalue weighted by Gasteiger charge is -2.32. The molecule has 0 aliphatic carbocycles. The van der Waals surface area contributed by atoms with Gasteiger partial charge in [-0.2, -0.15) is 5.10 Å². The number of nitrogens with one attached hydrogen (secondary N) is 1. The zero-order valence-corrected chi connectivity index (χ0v) is 14.1. The van der Waals surface area contributed by atoms with Crippen molar-refractivity contribution in [2.45, 2.75) is 58.8 Å². The van der Waals surface area contributed by atoms with Crippen molar-refractivity contribution in [3.8, 4) is 0 Å². The van der Waals surface area contributed by atoms with Gasteiger partial charge in [0.25, 0.3) is 0 Å². The minimum atomic E-state index is -0.382. The highest BCUT2D eigenvalue weighted by molar-refractivity contribution is 6.61. The van der Waals surface area contributed by atoms with Crippen LogP contribution in [0.1, 0.15) is 41.0 Å².